The van der Waals surface area contributed by atoms with E-state index in [1.54, 1.807) is 0 Å². The first kappa shape index (κ1) is 16.7. The van der Waals surface area contributed by atoms with Gasteiger partial charge in [0.25, 0.3) is 0 Å². The molecule has 2 aromatic carbocycles. The van der Waals surface area contributed by atoms with E-state index < -0.39 is 0 Å². The van der Waals surface area contributed by atoms with Crippen LogP contribution in [-0.2, 0) is 4.74 Å². The summed E-state index contributed by atoms with van der Waals surface area (Å²) in [5.74, 6) is 0.728. The molecular weight excluding hydrogens is 344 g/mol. The number of fused-ring (bicyclic) bond motifs is 3. The Morgan fingerprint density at radius 1 is 1.11 bits per heavy atom. The van der Waals surface area contributed by atoms with Crippen LogP contribution in [0.3, 0.4) is 0 Å². The lowest BCUT2D eigenvalue weighted by Crippen LogP contribution is -2.70. The molecule has 5 aliphatic rings. The SMILES string of the molecule is CC[C@]12CN3CCC1CC3C(c1cncc3ccc(-c4ccccc4)cc13)O2. The minimum atomic E-state index is 0.0386. The van der Waals surface area contributed by atoms with Crippen LogP contribution in [0.1, 0.15) is 37.9 Å². The standard InChI is InChI=1S/C25H26N2O/c1-2-25-16-27-11-10-20(25)13-23(27)24(28-25)22-15-26-14-19-9-8-18(12-21(19)22)17-6-4-3-5-7-17/h3-9,12,14-15,20,23-24H,2,10-11,13,16H2,1H3/t20?,23?,24?,25-/m0/s1. The fraction of sp³-hybridized carbons (Fsp3) is 0.400. The van der Waals surface area contributed by atoms with E-state index in [-0.39, 0.29) is 11.7 Å². The van der Waals surface area contributed by atoms with E-state index in [1.165, 1.54) is 46.8 Å². The van der Waals surface area contributed by atoms with Crippen molar-refractivity contribution in [2.75, 3.05) is 13.1 Å². The predicted molar refractivity (Wildman–Crippen MR) is 112 cm³/mol. The number of hydrogen-bond acceptors (Lipinski definition) is 3. The largest absolute Gasteiger partial charge is 0.364 e. The van der Waals surface area contributed by atoms with E-state index in [9.17, 15) is 0 Å². The van der Waals surface area contributed by atoms with Gasteiger partial charge in [0.2, 0.25) is 0 Å². The highest BCUT2D eigenvalue weighted by Gasteiger charge is 2.58. The van der Waals surface area contributed by atoms with Crippen LogP contribution in [0.4, 0.5) is 0 Å². The van der Waals surface area contributed by atoms with Crippen molar-refractivity contribution >= 4 is 10.8 Å². The average molecular weight is 370 g/mol. The summed E-state index contributed by atoms with van der Waals surface area (Å²) >= 11 is 0. The Hall–Kier alpha value is -2.23. The Bertz CT molecular complexity index is 1030. The molecule has 5 atom stereocenters. The maximum absolute atomic E-state index is 6.91. The normalized spacial score (nSPS) is 33.5. The number of ether oxygens (including phenoxy) is 1. The zero-order valence-corrected chi connectivity index (χ0v) is 16.3. The van der Waals surface area contributed by atoms with Crippen molar-refractivity contribution in [2.45, 2.75) is 43.9 Å². The van der Waals surface area contributed by atoms with Crippen molar-refractivity contribution in [1.29, 1.82) is 0 Å². The second-order valence-electron chi connectivity index (χ2n) is 8.75. The molecule has 6 heterocycles. The molecule has 142 valence electrons. The lowest BCUT2D eigenvalue weighted by Gasteiger charge is -2.64. The first-order chi connectivity index (χ1) is 13.8. The van der Waals surface area contributed by atoms with Crippen molar-refractivity contribution in [1.82, 2.24) is 9.88 Å². The van der Waals surface area contributed by atoms with E-state index in [1.807, 2.05) is 6.20 Å². The fourth-order valence-corrected chi connectivity index (χ4v) is 5.95. The maximum atomic E-state index is 6.91. The third kappa shape index (κ3) is 2.33. The fourth-order valence-electron chi connectivity index (χ4n) is 5.95. The topological polar surface area (TPSA) is 25.4 Å². The van der Waals surface area contributed by atoms with Crippen LogP contribution in [0.15, 0.2) is 60.9 Å². The molecule has 3 nitrogen and oxygen atoms in total. The van der Waals surface area contributed by atoms with Crippen LogP contribution >= 0.6 is 0 Å². The van der Waals surface area contributed by atoms with E-state index >= 15 is 0 Å². The molecule has 0 spiro atoms. The number of hydrogen-bond donors (Lipinski definition) is 0. The first-order valence-electron chi connectivity index (χ1n) is 10.6. The highest BCUT2D eigenvalue weighted by Crippen LogP contribution is 2.54. The summed E-state index contributed by atoms with van der Waals surface area (Å²) in [7, 11) is 0. The predicted octanol–water partition coefficient (Wildman–Crippen LogP) is 5.22. The van der Waals surface area contributed by atoms with E-state index in [4.69, 9.17) is 4.74 Å². The van der Waals surface area contributed by atoms with Crippen molar-refractivity contribution in [3.05, 3.63) is 66.5 Å². The molecule has 0 N–H and O–H groups in total. The highest BCUT2D eigenvalue weighted by molar-refractivity contribution is 5.89. The monoisotopic (exact) mass is 370 g/mol. The van der Waals surface area contributed by atoms with Crippen LogP contribution in [0.25, 0.3) is 21.9 Å². The molecule has 4 bridgehead atoms. The van der Waals surface area contributed by atoms with Crippen LogP contribution in [-0.4, -0.2) is 34.6 Å². The summed E-state index contributed by atoms with van der Waals surface area (Å²) in [6, 6.07) is 17.9. The summed E-state index contributed by atoms with van der Waals surface area (Å²) in [6.07, 6.45) is 7.84. The van der Waals surface area contributed by atoms with E-state index in [0.717, 1.165) is 18.9 Å². The number of piperidine rings is 3. The van der Waals surface area contributed by atoms with Crippen LogP contribution < -0.4 is 0 Å². The quantitative estimate of drug-likeness (QED) is 0.632. The van der Waals surface area contributed by atoms with Gasteiger partial charge in [-0.1, -0.05) is 49.4 Å². The van der Waals surface area contributed by atoms with Gasteiger partial charge < -0.3 is 4.74 Å². The van der Waals surface area contributed by atoms with Gasteiger partial charge in [-0.15, -0.1) is 0 Å². The molecule has 5 aliphatic heterocycles. The van der Waals surface area contributed by atoms with Gasteiger partial charge in [-0.25, -0.2) is 0 Å². The summed E-state index contributed by atoms with van der Waals surface area (Å²) in [6.45, 7) is 4.64. The molecule has 3 heteroatoms. The Kier molecular flexibility index (Phi) is 3.66. The van der Waals surface area contributed by atoms with Crippen LogP contribution in [0.2, 0.25) is 0 Å². The van der Waals surface area contributed by atoms with Gasteiger partial charge in [-0.2, -0.15) is 0 Å². The van der Waals surface area contributed by atoms with Gasteiger partial charge in [-0.3, -0.25) is 9.88 Å². The van der Waals surface area contributed by atoms with Gasteiger partial charge >= 0.3 is 0 Å². The lowest BCUT2D eigenvalue weighted by atomic mass is 9.66. The minimum absolute atomic E-state index is 0.0386. The number of morpholine rings is 1. The molecule has 8 rings (SSSR count). The summed E-state index contributed by atoms with van der Waals surface area (Å²) in [5, 5.41) is 2.49. The van der Waals surface area contributed by atoms with Gasteiger partial charge in [0.05, 0.1) is 5.60 Å². The first-order valence-corrected chi connectivity index (χ1v) is 10.6. The Balaban J connectivity index is 1.48. The Morgan fingerprint density at radius 3 is 2.79 bits per heavy atom. The molecular formula is C25H26N2O. The second kappa shape index (κ2) is 6.13. The van der Waals surface area contributed by atoms with Gasteiger partial charge in [0, 0.05) is 35.9 Å². The van der Waals surface area contributed by atoms with Crippen LogP contribution in [0.5, 0.6) is 0 Å². The van der Waals surface area contributed by atoms with E-state index in [2.05, 4.69) is 71.5 Å². The van der Waals surface area contributed by atoms with E-state index in [0.29, 0.717) is 6.04 Å². The lowest BCUT2D eigenvalue weighted by molar-refractivity contribution is -0.274. The second-order valence-corrected chi connectivity index (χ2v) is 8.75. The molecule has 0 radical (unpaired) electrons. The summed E-state index contributed by atoms with van der Waals surface area (Å²) < 4.78 is 6.91. The van der Waals surface area contributed by atoms with Gasteiger partial charge in [0.1, 0.15) is 6.10 Å². The van der Waals surface area contributed by atoms with Crippen LogP contribution in [0, 0.1) is 5.92 Å². The molecule has 0 aliphatic carbocycles. The molecule has 5 fully saturated rings. The number of pyridine rings is 1. The molecule has 1 aromatic heterocycles. The zero-order chi connectivity index (χ0) is 18.7. The molecule has 5 saturated heterocycles. The number of aromatic nitrogens is 1. The smallest absolute Gasteiger partial charge is 0.101 e. The van der Waals surface area contributed by atoms with Crippen molar-refractivity contribution < 1.29 is 4.74 Å². The summed E-state index contributed by atoms with van der Waals surface area (Å²) in [5.41, 5.74) is 3.82. The number of rotatable bonds is 3. The number of benzene rings is 2. The Morgan fingerprint density at radius 2 is 2.00 bits per heavy atom. The molecule has 0 amide bonds. The zero-order valence-electron chi connectivity index (χ0n) is 16.3. The number of nitrogens with zero attached hydrogens (tertiary/aromatic N) is 2. The maximum Gasteiger partial charge on any atom is 0.101 e. The van der Waals surface area contributed by atoms with Gasteiger partial charge in [0.15, 0.2) is 0 Å². The minimum Gasteiger partial charge on any atom is -0.364 e. The summed E-state index contributed by atoms with van der Waals surface area (Å²) in [4.78, 5) is 7.28. The van der Waals surface area contributed by atoms with Crippen molar-refractivity contribution in [3.8, 4) is 11.1 Å². The average Bonchev–Trinajstić information content (AvgIpc) is 2.78. The highest BCUT2D eigenvalue weighted by atomic mass is 16.5. The molecule has 4 unspecified atom stereocenters. The molecule has 3 aromatic rings. The third-order valence-electron chi connectivity index (χ3n) is 7.49. The molecule has 0 saturated carbocycles. The molecule has 28 heavy (non-hydrogen) atoms. The Labute approximate surface area is 166 Å². The third-order valence-corrected chi connectivity index (χ3v) is 7.49. The van der Waals surface area contributed by atoms with Crippen molar-refractivity contribution in [3.63, 3.8) is 0 Å². The van der Waals surface area contributed by atoms with Crippen molar-refractivity contribution in [2.24, 2.45) is 5.92 Å². The van der Waals surface area contributed by atoms with Gasteiger partial charge in [-0.05, 0) is 54.3 Å².